The van der Waals surface area contributed by atoms with Gasteiger partial charge in [0.25, 0.3) is 7.82 Å². The van der Waals surface area contributed by atoms with Gasteiger partial charge in [0.05, 0.1) is 39.9 Å². The maximum atomic E-state index is 13.0. The van der Waals surface area contributed by atoms with E-state index in [1.54, 1.807) is 6.08 Å². The summed E-state index contributed by atoms with van der Waals surface area (Å²) in [7, 11) is 1.25. The van der Waals surface area contributed by atoms with Gasteiger partial charge in [0.2, 0.25) is 5.91 Å². The maximum Gasteiger partial charge on any atom is 0.268 e. The third-order valence-corrected chi connectivity index (χ3v) is 13.9. The van der Waals surface area contributed by atoms with Gasteiger partial charge >= 0.3 is 0 Å². The lowest BCUT2D eigenvalue weighted by molar-refractivity contribution is -0.870. The number of carbonyl (C=O) groups is 1. The van der Waals surface area contributed by atoms with Crippen LogP contribution < -0.4 is 10.2 Å². The van der Waals surface area contributed by atoms with Crippen molar-refractivity contribution in [2.75, 3.05) is 40.9 Å². The van der Waals surface area contributed by atoms with Crippen molar-refractivity contribution in [1.29, 1.82) is 0 Å². The molecule has 3 unspecified atom stereocenters. The van der Waals surface area contributed by atoms with E-state index in [4.69, 9.17) is 9.05 Å². The molecule has 0 saturated carbocycles. The van der Waals surface area contributed by atoms with Crippen molar-refractivity contribution in [3.05, 3.63) is 60.8 Å². The SMILES string of the molecule is CCCCCCC/C=C\C/C=C\C/C=C\CCCCCCCCCCCCCCCCCCC(=O)NC(COP(=O)([O-])OCC[N+](C)(C)C)C(O)/C=C/CC/C=C/CCCCCCCCCCCC. The predicted octanol–water partition coefficient (Wildman–Crippen LogP) is 17.1. The molecule has 0 aromatic heterocycles. The zero-order valence-electron chi connectivity index (χ0n) is 46.0. The van der Waals surface area contributed by atoms with Crippen molar-refractivity contribution in [1.82, 2.24) is 5.32 Å². The first kappa shape index (κ1) is 67.2. The molecule has 0 aliphatic heterocycles. The van der Waals surface area contributed by atoms with E-state index in [0.717, 1.165) is 51.4 Å². The van der Waals surface area contributed by atoms with Gasteiger partial charge in [-0.05, 0) is 70.6 Å². The summed E-state index contributed by atoms with van der Waals surface area (Å²) in [5, 5.41) is 13.8. The van der Waals surface area contributed by atoms with E-state index in [1.165, 1.54) is 193 Å². The van der Waals surface area contributed by atoms with Gasteiger partial charge in [0, 0.05) is 6.42 Å². The minimum Gasteiger partial charge on any atom is -0.756 e. The first-order chi connectivity index (χ1) is 33.5. The largest absolute Gasteiger partial charge is 0.756 e. The van der Waals surface area contributed by atoms with Crippen LogP contribution in [0, 0.1) is 0 Å². The number of phosphoric ester groups is 1. The maximum absolute atomic E-state index is 13.0. The molecule has 0 aromatic carbocycles. The van der Waals surface area contributed by atoms with E-state index >= 15 is 0 Å². The average molecular weight is 990 g/mol. The quantitative estimate of drug-likeness (QED) is 0.0272. The molecule has 0 bridgehead atoms. The lowest BCUT2D eigenvalue weighted by atomic mass is 10.0. The zero-order valence-corrected chi connectivity index (χ0v) is 46.9. The van der Waals surface area contributed by atoms with E-state index in [2.05, 4.69) is 67.8 Å². The first-order valence-corrected chi connectivity index (χ1v) is 30.6. The number of aliphatic hydroxyl groups is 1. The third kappa shape index (κ3) is 53.8. The normalized spacial score (nSPS) is 14.4. The highest BCUT2D eigenvalue weighted by atomic mass is 31.2. The Hall–Kier alpha value is -1.80. The second kappa shape index (κ2) is 51.1. The van der Waals surface area contributed by atoms with Crippen LogP contribution in [0.15, 0.2) is 60.8 Å². The van der Waals surface area contributed by atoms with Crippen LogP contribution in [0.1, 0.15) is 264 Å². The van der Waals surface area contributed by atoms with Gasteiger partial charge < -0.3 is 28.8 Å². The number of unbranched alkanes of at least 4 members (excludes halogenated alkanes) is 32. The smallest absolute Gasteiger partial charge is 0.268 e. The van der Waals surface area contributed by atoms with Crippen molar-refractivity contribution >= 4 is 13.7 Å². The zero-order chi connectivity index (χ0) is 50.6. The summed E-state index contributed by atoms with van der Waals surface area (Å²) in [5.74, 6) is -0.207. The number of phosphoric acid groups is 1. The van der Waals surface area contributed by atoms with Gasteiger partial charge in [-0.1, -0.05) is 248 Å². The molecule has 8 nitrogen and oxygen atoms in total. The van der Waals surface area contributed by atoms with Crippen LogP contribution in [0.2, 0.25) is 0 Å². The summed E-state index contributed by atoms with van der Waals surface area (Å²) in [6.45, 7) is 4.63. The number of likely N-dealkylation sites (N-methyl/N-ethyl adjacent to an activating group) is 1. The van der Waals surface area contributed by atoms with E-state index in [1.807, 2.05) is 27.2 Å². The number of rotatable bonds is 53. The van der Waals surface area contributed by atoms with Crippen LogP contribution in [-0.4, -0.2) is 68.5 Å². The Labute approximate surface area is 428 Å². The van der Waals surface area contributed by atoms with Gasteiger partial charge in [-0.25, -0.2) is 0 Å². The van der Waals surface area contributed by atoms with Crippen molar-refractivity contribution in [2.24, 2.45) is 0 Å². The highest BCUT2D eigenvalue weighted by molar-refractivity contribution is 7.45. The molecule has 0 aliphatic rings. The number of hydrogen-bond donors (Lipinski definition) is 2. The van der Waals surface area contributed by atoms with Crippen molar-refractivity contribution in [2.45, 2.75) is 276 Å². The van der Waals surface area contributed by atoms with Crippen LogP contribution in [-0.2, 0) is 18.4 Å². The van der Waals surface area contributed by atoms with Gasteiger partial charge in [-0.3, -0.25) is 9.36 Å². The average Bonchev–Trinajstić information content (AvgIpc) is 3.31. The highest BCUT2D eigenvalue weighted by Crippen LogP contribution is 2.38. The molecule has 0 heterocycles. The Balaban J connectivity index is 4.13. The first-order valence-electron chi connectivity index (χ1n) is 29.2. The number of amides is 1. The molecule has 0 spiro atoms. The molecule has 0 radical (unpaired) electrons. The van der Waals surface area contributed by atoms with Crippen LogP contribution >= 0.6 is 7.82 Å². The molecular formula is C60H113N2O6P. The number of aliphatic hydroxyl groups excluding tert-OH is 1. The van der Waals surface area contributed by atoms with E-state index in [9.17, 15) is 19.4 Å². The summed E-state index contributed by atoms with van der Waals surface area (Å²) in [6.07, 6.45) is 68.7. The van der Waals surface area contributed by atoms with E-state index < -0.39 is 26.6 Å². The molecule has 0 aromatic rings. The monoisotopic (exact) mass is 989 g/mol. The molecular weight excluding hydrogens is 876 g/mol. The molecule has 2 N–H and O–H groups in total. The molecule has 69 heavy (non-hydrogen) atoms. The number of allylic oxidation sites excluding steroid dienone is 9. The fraction of sp³-hybridized carbons (Fsp3) is 0.817. The summed E-state index contributed by atoms with van der Waals surface area (Å²) < 4.78 is 23.3. The van der Waals surface area contributed by atoms with Crippen LogP contribution in [0.4, 0.5) is 0 Å². The second-order valence-electron chi connectivity index (χ2n) is 21.0. The summed E-state index contributed by atoms with van der Waals surface area (Å²) in [5.41, 5.74) is 0. The number of nitrogens with zero attached hydrogens (tertiary/aromatic N) is 1. The standard InChI is InChI=1S/C60H113N2O6P/c1-6-8-10-12-14-16-18-20-22-24-25-26-27-28-29-30-31-32-33-34-35-36-37-38-40-42-44-46-48-50-52-54-60(64)61-58(57-68-69(65,66)67-56-55-62(3,4)5)59(63)53-51-49-47-45-43-41-39-23-21-19-17-15-13-11-9-7-2/h18,20,24-25,27-28,43,45,51,53,58-59,63H,6-17,19,21-23,26,29-42,44,46-50,52,54-57H2,1-5H3,(H-,61,64,65,66)/b20-18-,25-24-,28-27-,45-43+,53-51+. The van der Waals surface area contributed by atoms with Gasteiger partial charge in [0.1, 0.15) is 13.2 Å². The van der Waals surface area contributed by atoms with Crippen LogP contribution in [0.25, 0.3) is 0 Å². The Kier molecular flexibility index (Phi) is 49.8. The van der Waals surface area contributed by atoms with Crippen molar-refractivity contribution in [3.63, 3.8) is 0 Å². The minimum absolute atomic E-state index is 0.00709. The number of nitrogens with one attached hydrogen (secondary N) is 1. The Bertz CT molecular complexity index is 1310. The fourth-order valence-electron chi connectivity index (χ4n) is 8.35. The van der Waals surface area contributed by atoms with Crippen molar-refractivity contribution in [3.8, 4) is 0 Å². The Morgan fingerprint density at radius 2 is 0.855 bits per heavy atom. The van der Waals surface area contributed by atoms with Crippen molar-refractivity contribution < 1.29 is 32.9 Å². The summed E-state index contributed by atoms with van der Waals surface area (Å²) in [6, 6.07) is -0.904. The molecule has 0 fully saturated rings. The van der Waals surface area contributed by atoms with Crippen LogP contribution in [0.3, 0.4) is 0 Å². The molecule has 404 valence electrons. The van der Waals surface area contributed by atoms with E-state index in [-0.39, 0.29) is 12.5 Å². The predicted molar refractivity (Wildman–Crippen MR) is 297 cm³/mol. The Morgan fingerprint density at radius 3 is 1.28 bits per heavy atom. The number of carbonyl (C=O) groups excluding carboxylic acids is 1. The highest BCUT2D eigenvalue weighted by Gasteiger charge is 2.23. The number of hydrogen-bond acceptors (Lipinski definition) is 6. The van der Waals surface area contributed by atoms with Gasteiger partial charge in [-0.15, -0.1) is 0 Å². The molecule has 3 atom stereocenters. The lowest BCUT2D eigenvalue weighted by Crippen LogP contribution is -2.45. The lowest BCUT2D eigenvalue weighted by Gasteiger charge is -2.29. The third-order valence-electron chi connectivity index (χ3n) is 12.9. The molecule has 1 amide bonds. The molecule has 0 saturated heterocycles. The second-order valence-corrected chi connectivity index (χ2v) is 22.4. The topological polar surface area (TPSA) is 108 Å². The van der Waals surface area contributed by atoms with Crippen LogP contribution in [0.5, 0.6) is 0 Å². The Morgan fingerprint density at radius 1 is 0.507 bits per heavy atom. The summed E-state index contributed by atoms with van der Waals surface area (Å²) in [4.78, 5) is 25.5. The number of quaternary nitrogens is 1. The molecule has 0 rings (SSSR count). The van der Waals surface area contributed by atoms with Gasteiger partial charge in [-0.2, -0.15) is 0 Å². The van der Waals surface area contributed by atoms with E-state index in [0.29, 0.717) is 17.4 Å². The fourth-order valence-corrected chi connectivity index (χ4v) is 9.08. The molecule has 9 heteroatoms. The van der Waals surface area contributed by atoms with Gasteiger partial charge in [0.15, 0.2) is 0 Å². The minimum atomic E-state index is -4.60. The summed E-state index contributed by atoms with van der Waals surface area (Å²) >= 11 is 0. The molecule has 0 aliphatic carbocycles.